The summed E-state index contributed by atoms with van der Waals surface area (Å²) in [6, 6.07) is 9.35. The highest BCUT2D eigenvalue weighted by Crippen LogP contribution is 2.18. The number of rotatable bonds is 6. The number of nitrogens with zero attached hydrogens (tertiary/aromatic N) is 2. The van der Waals surface area contributed by atoms with Gasteiger partial charge in [0.1, 0.15) is 12.1 Å². The number of benzene rings is 1. The minimum absolute atomic E-state index is 0.251. The molecular weight excluding hydrogens is 323 g/mol. The molecule has 2 N–H and O–H groups in total. The van der Waals surface area contributed by atoms with Crippen LogP contribution in [0, 0.1) is 5.82 Å². The molecule has 1 aromatic carbocycles. The first-order valence-electron chi connectivity index (χ1n) is 7.81. The number of oxazole rings is 1. The molecule has 7 heteroatoms. The van der Waals surface area contributed by atoms with Gasteiger partial charge >= 0.3 is 6.03 Å². The van der Waals surface area contributed by atoms with Crippen LogP contribution in [0.15, 0.2) is 59.5 Å². The fourth-order valence-electron chi connectivity index (χ4n) is 2.20. The molecule has 2 aromatic heterocycles. The molecule has 0 radical (unpaired) electrons. The maximum Gasteiger partial charge on any atom is 0.315 e. The largest absolute Gasteiger partial charge is 0.444 e. The van der Waals surface area contributed by atoms with Gasteiger partial charge < -0.3 is 15.1 Å². The van der Waals surface area contributed by atoms with Crippen molar-refractivity contribution in [2.75, 3.05) is 6.54 Å². The van der Waals surface area contributed by atoms with E-state index in [4.69, 9.17) is 4.42 Å². The van der Waals surface area contributed by atoms with E-state index in [9.17, 15) is 9.18 Å². The number of nitrogens with one attached hydrogen (secondary N) is 2. The fourth-order valence-corrected chi connectivity index (χ4v) is 2.20. The Bertz CT molecular complexity index is 819. The number of carbonyl (C=O) groups is 1. The molecule has 0 unspecified atom stereocenters. The number of carbonyl (C=O) groups excluding carboxylic acids is 1. The second kappa shape index (κ2) is 8.05. The molecule has 0 spiro atoms. The van der Waals surface area contributed by atoms with Gasteiger partial charge in [-0.1, -0.05) is 0 Å². The lowest BCUT2D eigenvalue weighted by molar-refractivity contribution is 0.240. The molecule has 0 bridgehead atoms. The summed E-state index contributed by atoms with van der Waals surface area (Å²) in [7, 11) is 0. The van der Waals surface area contributed by atoms with E-state index in [2.05, 4.69) is 20.6 Å². The number of halogens is 1. The van der Waals surface area contributed by atoms with Gasteiger partial charge in [0.05, 0.1) is 5.69 Å². The number of amides is 2. The molecule has 0 aliphatic carbocycles. The summed E-state index contributed by atoms with van der Waals surface area (Å²) in [6.45, 7) is 0.866. The fraction of sp³-hybridized carbons (Fsp3) is 0.167. The maximum atomic E-state index is 12.9. The van der Waals surface area contributed by atoms with Crippen molar-refractivity contribution in [3.8, 4) is 11.5 Å². The summed E-state index contributed by atoms with van der Waals surface area (Å²) >= 11 is 0. The predicted octanol–water partition coefficient (Wildman–Crippen LogP) is 2.92. The molecule has 0 aliphatic rings. The van der Waals surface area contributed by atoms with Crippen molar-refractivity contribution in [2.24, 2.45) is 0 Å². The Labute approximate surface area is 144 Å². The van der Waals surface area contributed by atoms with Gasteiger partial charge in [0, 0.05) is 37.5 Å². The van der Waals surface area contributed by atoms with Crippen LogP contribution in [0.4, 0.5) is 9.18 Å². The van der Waals surface area contributed by atoms with Gasteiger partial charge in [-0.15, -0.1) is 0 Å². The highest BCUT2D eigenvalue weighted by atomic mass is 19.1. The van der Waals surface area contributed by atoms with Crippen LogP contribution >= 0.6 is 0 Å². The van der Waals surface area contributed by atoms with E-state index in [0.29, 0.717) is 36.7 Å². The molecule has 6 nitrogen and oxygen atoms in total. The highest BCUT2D eigenvalue weighted by Gasteiger charge is 2.07. The Morgan fingerprint density at radius 1 is 1.08 bits per heavy atom. The van der Waals surface area contributed by atoms with Crippen molar-refractivity contribution < 1.29 is 13.6 Å². The minimum Gasteiger partial charge on any atom is -0.444 e. The molecule has 0 saturated carbocycles. The first-order chi connectivity index (χ1) is 12.2. The molecule has 0 atom stereocenters. The standard InChI is InChI=1S/C18H17FN4O2/c19-15-3-1-14(2-4-15)17-23-16(12-25-17)7-10-21-18(24)22-11-13-5-8-20-9-6-13/h1-6,8-9,12H,7,10-11H2,(H2,21,22,24). The van der Waals surface area contributed by atoms with Crippen molar-refractivity contribution in [3.63, 3.8) is 0 Å². The maximum absolute atomic E-state index is 12.9. The first-order valence-corrected chi connectivity index (χ1v) is 7.81. The third-order valence-electron chi connectivity index (χ3n) is 3.51. The Kier molecular flexibility index (Phi) is 5.36. The van der Waals surface area contributed by atoms with E-state index < -0.39 is 0 Å². The van der Waals surface area contributed by atoms with Crippen molar-refractivity contribution in [1.82, 2.24) is 20.6 Å². The predicted molar refractivity (Wildman–Crippen MR) is 90.1 cm³/mol. The van der Waals surface area contributed by atoms with Gasteiger partial charge in [-0.3, -0.25) is 4.98 Å². The Hall–Kier alpha value is -3.22. The lowest BCUT2D eigenvalue weighted by atomic mass is 10.2. The van der Waals surface area contributed by atoms with Crippen molar-refractivity contribution in [2.45, 2.75) is 13.0 Å². The van der Waals surface area contributed by atoms with Crippen LogP contribution in [0.5, 0.6) is 0 Å². The molecule has 128 valence electrons. The smallest absolute Gasteiger partial charge is 0.315 e. The monoisotopic (exact) mass is 340 g/mol. The quantitative estimate of drug-likeness (QED) is 0.723. The third kappa shape index (κ3) is 4.87. The van der Waals surface area contributed by atoms with Crippen LogP contribution in [0.3, 0.4) is 0 Å². The summed E-state index contributed by atoms with van der Waals surface area (Å²) in [5, 5.41) is 5.53. The van der Waals surface area contributed by atoms with Gasteiger partial charge in [-0.05, 0) is 42.0 Å². The lowest BCUT2D eigenvalue weighted by Crippen LogP contribution is -2.36. The SMILES string of the molecule is O=C(NCCc1coc(-c2ccc(F)cc2)n1)NCc1ccncc1. The molecule has 3 rings (SSSR count). The van der Waals surface area contributed by atoms with Gasteiger partial charge in [-0.25, -0.2) is 14.2 Å². The molecule has 0 saturated heterocycles. The molecule has 0 aliphatic heterocycles. The van der Waals surface area contributed by atoms with Crippen LogP contribution in [0.2, 0.25) is 0 Å². The summed E-state index contributed by atoms with van der Waals surface area (Å²) in [4.78, 5) is 20.0. The average molecular weight is 340 g/mol. The number of hydrogen-bond acceptors (Lipinski definition) is 4. The van der Waals surface area contributed by atoms with Crippen LogP contribution in [0.25, 0.3) is 11.5 Å². The van der Waals surface area contributed by atoms with E-state index in [1.54, 1.807) is 24.5 Å². The minimum atomic E-state index is -0.308. The lowest BCUT2D eigenvalue weighted by Gasteiger charge is -2.06. The van der Waals surface area contributed by atoms with Crippen LogP contribution < -0.4 is 10.6 Å². The molecule has 3 aromatic rings. The first kappa shape index (κ1) is 16.6. The van der Waals surface area contributed by atoms with Gasteiger partial charge in [-0.2, -0.15) is 0 Å². The average Bonchev–Trinajstić information content (AvgIpc) is 3.10. The topological polar surface area (TPSA) is 80.0 Å². The van der Waals surface area contributed by atoms with Gasteiger partial charge in [0.15, 0.2) is 0 Å². The molecule has 2 amide bonds. The second-order valence-corrected chi connectivity index (χ2v) is 5.37. The van der Waals surface area contributed by atoms with Crippen LogP contribution in [-0.2, 0) is 13.0 Å². The summed E-state index contributed by atoms with van der Waals surface area (Å²) in [5.41, 5.74) is 2.40. The summed E-state index contributed by atoms with van der Waals surface area (Å²) in [6.07, 6.45) is 5.43. The van der Waals surface area contributed by atoms with E-state index in [-0.39, 0.29) is 11.8 Å². The van der Waals surface area contributed by atoms with E-state index in [0.717, 1.165) is 5.56 Å². The van der Waals surface area contributed by atoms with E-state index in [1.807, 2.05) is 12.1 Å². The Morgan fingerprint density at radius 2 is 1.84 bits per heavy atom. The summed E-state index contributed by atoms with van der Waals surface area (Å²) < 4.78 is 18.3. The zero-order chi connectivity index (χ0) is 17.5. The molecule has 2 heterocycles. The van der Waals surface area contributed by atoms with Crippen molar-refractivity contribution in [3.05, 3.63) is 72.1 Å². The summed E-state index contributed by atoms with van der Waals surface area (Å²) in [5.74, 6) is 0.120. The number of urea groups is 1. The van der Waals surface area contributed by atoms with Crippen molar-refractivity contribution in [1.29, 1.82) is 0 Å². The number of aromatic nitrogens is 2. The van der Waals surface area contributed by atoms with Gasteiger partial charge in [0.2, 0.25) is 5.89 Å². The Balaban J connectivity index is 1.43. The third-order valence-corrected chi connectivity index (χ3v) is 3.51. The highest BCUT2D eigenvalue weighted by molar-refractivity contribution is 5.73. The van der Waals surface area contributed by atoms with Crippen LogP contribution in [-0.4, -0.2) is 22.5 Å². The Morgan fingerprint density at radius 3 is 2.60 bits per heavy atom. The van der Waals surface area contributed by atoms with E-state index >= 15 is 0 Å². The molecular formula is C18H17FN4O2. The molecule has 25 heavy (non-hydrogen) atoms. The zero-order valence-electron chi connectivity index (χ0n) is 13.4. The van der Waals surface area contributed by atoms with Crippen molar-refractivity contribution >= 4 is 6.03 Å². The second-order valence-electron chi connectivity index (χ2n) is 5.37. The zero-order valence-corrected chi connectivity index (χ0v) is 13.4. The number of pyridine rings is 1. The number of hydrogen-bond donors (Lipinski definition) is 2. The molecule has 0 fully saturated rings. The normalized spacial score (nSPS) is 10.4. The van der Waals surface area contributed by atoms with Crippen LogP contribution in [0.1, 0.15) is 11.3 Å². The van der Waals surface area contributed by atoms with Gasteiger partial charge in [0.25, 0.3) is 0 Å². The van der Waals surface area contributed by atoms with E-state index in [1.165, 1.54) is 18.4 Å².